The second-order valence-electron chi connectivity index (χ2n) is 9.04. The molecule has 0 saturated carbocycles. The Kier molecular flexibility index (Phi) is 5.87. The summed E-state index contributed by atoms with van der Waals surface area (Å²) < 4.78 is 6.16. The molecule has 0 bridgehead atoms. The van der Waals surface area contributed by atoms with Crippen LogP contribution in [0, 0.1) is 17.0 Å². The zero-order valence-corrected chi connectivity index (χ0v) is 19.5. The Bertz CT molecular complexity index is 1160. The second-order valence-corrected chi connectivity index (χ2v) is 9.44. The van der Waals surface area contributed by atoms with E-state index in [2.05, 4.69) is 32.6 Å². The van der Waals surface area contributed by atoms with Crippen molar-refractivity contribution in [2.45, 2.75) is 52.2 Å². The minimum Gasteiger partial charge on any atom is -0.480 e. The Hall–Kier alpha value is -3.05. The number of hydrogen-bond donors (Lipinski definition) is 0. The van der Waals surface area contributed by atoms with Crippen LogP contribution in [0.15, 0.2) is 60.7 Å². The van der Waals surface area contributed by atoms with Gasteiger partial charge in [0, 0.05) is 22.3 Å². The van der Waals surface area contributed by atoms with E-state index in [-0.39, 0.29) is 34.4 Å². The molecule has 1 atom stereocenters. The van der Waals surface area contributed by atoms with Gasteiger partial charge in [-0.15, -0.1) is 0 Å². The lowest BCUT2D eigenvalue weighted by Crippen LogP contribution is -2.46. The van der Waals surface area contributed by atoms with Crippen LogP contribution >= 0.6 is 11.6 Å². The van der Waals surface area contributed by atoms with Crippen molar-refractivity contribution < 1.29 is 9.66 Å². The second kappa shape index (κ2) is 8.47. The maximum Gasteiger partial charge on any atom is 0.313 e. The van der Waals surface area contributed by atoms with Gasteiger partial charge < -0.3 is 9.64 Å². The summed E-state index contributed by atoms with van der Waals surface area (Å²) in [4.78, 5) is 13.7. The summed E-state index contributed by atoms with van der Waals surface area (Å²) in [5.41, 5.74) is 4.43. The first-order chi connectivity index (χ1) is 15.2. The first-order valence-electron chi connectivity index (χ1n) is 10.7. The van der Waals surface area contributed by atoms with Gasteiger partial charge in [0.25, 0.3) is 0 Å². The van der Waals surface area contributed by atoms with Crippen molar-refractivity contribution >= 4 is 28.7 Å². The van der Waals surface area contributed by atoms with Gasteiger partial charge in [0.05, 0.1) is 10.6 Å². The topological polar surface area (TPSA) is 55.6 Å². The van der Waals surface area contributed by atoms with Gasteiger partial charge >= 0.3 is 5.69 Å². The van der Waals surface area contributed by atoms with Crippen molar-refractivity contribution in [1.82, 2.24) is 0 Å². The molecule has 1 heterocycles. The molecule has 166 valence electrons. The molecule has 4 rings (SSSR count). The number of para-hydroxylation sites is 1. The molecule has 1 aliphatic rings. The minimum atomic E-state index is -0.380. The fraction of sp³-hybridized carbons (Fsp3) is 0.308. The highest BCUT2D eigenvalue weighted by Gasteiger charge is 2.41. The summed E-state index contributed by atoms with van der Waals surface area (Å²) in [7, 11) is 0. The third-order valence-electron chi connectivity index (χ3n) is 6.13. The van der Waals surface area contributed by atoms with E-state index in [0.717, 1.165) is 33.8 Å². The molecule has 0 spiro atoms. The van der Waals surface area contributed by atoms with Gasteiger partial charge in [-0.3, -0.25) is 10.1 Å². The predicted molar refractivity (Wildman–Crippen MR) is 129 cm³/mol. The summed E-state index contributed by atoms with van der Waals surface area (Å²) in [6.45, 7) is 8.80. The number of anilines is 2. The summed E-state index contributed by atoms with van der Waals surface area (Å²) in [5.74, 6) is 0.533. The summed E-state index contributed by atoms with van der Waals surface area (Å²) in [5, 5.41) is 12.7. The number of aryl methyl sites for hydroxylation is 1. The first kappa shape index (κ1) is 22.2. The van der Waals surface area contributed by atoms with Gasteiger partial charge in [-0.25, -0.2) is 0 Å². The van der Waals surface area contributed by atoms with Gasteiger partial charge in [0.15, 0.2) is 0 Å². The minimum absolute atomic E-state index is 0.0471. The number of hydrogen-bond acceptors (Lipinski definition) is 4. The molecule has 6 heteroatoms. The van der Waals surface area contributed by atoms with Crippen LogP contribution < -0.4 is 9.64 Å². The third-order valence-corrected chi connectivity index (χ3v) is 6.46. The molecule has 5 nitrogen and oxygen atoms in total. The Labute approximate surface area is 193 Å². The van der Waals surface area contributed by atoms with E-state index < -0.39 is 0 Å². The van der Waals surface area contributed by atoms with Gasteiger partial charge in [-0.2, -0.15) is 0 Å². The van der Waals surface area contributed by atoms with E-state index in [4.69, 9.17) is 16.3 Å². The molecule has 1 unspecified atom stereocenters. The van der Waals surface area contributed by atoms with Crippen LogP contribution in [-0.2, 0) is 6.61 Å². The van der Waals surface area contributed by atoms with Crippen molar-refractivity contribution in [2.75, 3.05) is 4.90 Å². The van der Waals surface area contributed by atoms with Crippen LogP contribution in [-0.4, -0.2) is 10.5 Å². The van der Waals surface area contributed by atoms with Crippen molar-refractivity contribution in [3.63, 3.8) is 0 Å². The van der Waals surface area contributed by atoms with Gasteiger partial charge in [-0.1, -0.05) is 61.0 Å². The van der Waals surface area contributed by atoms with E-state index in [1.54, 1.807) is 6.07 Å². The average molecular weight is 451 g/mol. The molecular formula is C26H27ClN2O3. The Balaban J connectivity index is 1.91. The van der Waals surface area contributed by atoms with Crippen molar-refractivity contribution in [1.29, 1.82) is 0 Å². The molecule has 0 aromatic heterocycles. The maximum atomic E-state index is 11.9. The molecule has 0 radical (unpaired) electrons. The number of fused-ring (bicyclic) bond motifs is 1. The smallest absolute Gasteiger partial charge is 0.313 e. The van der Waals surface area contributed by atoms with Crippen LogP contribution in [0.1, 0.15) is 49.8 Å². The lowest BCUT2D eigenvalue weighted by Gasteiger charge is -2.48. The number of rotatable bonds is 5. The number of benzene rings is 3. The summed E-state index contributed by atoms with van der Waals surface area (Å²) in [6, 6.07) is 18.7. The Morgan fingerprint density at radius 2 is 1.84 bits per heavy atom. The molecule has 0 N–H and O–H groups in total. The largest absolute Gasteiger partial charge is 0.480 e. The number of nitro groups is 1. The van der Waals surface area contributed by atoms with E-state index >= 15 is 0 Å². The van der Waals surface area contributed by atoms with Gasteiger partial charge in [0.1, 0.15) is 6.61 Å². The highest BCUT2D eigenvalue weighted by molar-refractivity contribution is 6.32. The van der Waals surface area contributed by atoms with Crippen molar-refractivity contribution in [2.24, 2.45) is 0 Å². The summed E-state index contributed by atoms with van der Waals surface area (Å²) >= 11 is 6.65. The van der Waals surface area contributed by atoms with Crippen LogP contribution in [0.25, 0.3) is 0 Å². The first-order valence-corrected chi connectivity index (χ1v) is 11.1. The zero-order valence-electron chi connectivity index (χ0n) is 18.8. The van der Waals surface area contributed by atoms with E-state index in [0.29, 0.717) is 5.69 Å². The lowest BCUT2D eigenvalue weighted by molar-refractivity contribution is -0.385. The summed E-state index contributed by atoms with van der Waals surface area (Å²) in [6.07, 6.45) is 0.851. The number of nitro benzene ring substituents is 1. The number of ether oxygens (including phenoxy) is 1. The molecule has 3 aromatic rings. The van der Waals surface area contributed by atoms with Crippen LogP contribution in [0.3, 0.4) is 0 Å². The van der Waals surface area contributed by atoms with Crippen LogP contribution in [0.4, 0.5) is 17.1 Å². The quantitative estimate of drug-likeness (QED) is 0.297. The highest BCUT2D eigenvalue weighted by Crippen LogP contribution is 2.54. The normalized spacial score (nSPS) is 17.0. The molecule has 0 saturated heterocycles. The van der Waals surface area contributed by atoms with E-state index in [1.807, 2.05) is 48.5 Å². The maximum absolute atomic E-state index is 11.9. The zero-order chi connectivity index (χ0) is 23.0. The van der Waals surface area contributed by atoms with Crippen molar-refractivity contribution in [3.05, 3.63) is 92.5 Å². The molecule has 0 amide bonds. The fourth-order valence-electron chi connectivity index (χ4n) is 4.86. The van der Waals surface area contributed by atoms with Crippen LogP contribution in [0.2, 0.25) is 5.02 Å². The monoisotopic (exact) mass is 450 g/mol. The predicted octanol–water partition coefficient (Wildman–Crippen LogP) is 7.56. The number of halogens is 1. The van der Waals surface area contributed by atoms with Gasteiger partial charge in [0.2, 0.25) is 5.75 Å². The molecule has 1 aliphatic heterocycles. The fourth-order valence-corrected chi connectivity index (χ4v) is 5.20. The van der Waals surface area contributed by atoms with Crippen molar-refractivity contribution in [3.8, 4) is 5.75 Å². The third kappa shape index (κ3) is 3.93. The lowest BCUT2D eigenvalue weighted by atomic mass is 9.78. The molecule has 3 aromatic carbocycles. The van der Waals surface area contributed by atoms with Gasteiger partial charge in [-0.05, 0) is 61.9 Å². The SMILES string of the molecule is Cc1ccc(Cl)c2c1N(c1cccc([N+](=O)[O-])c1OCc1ccccc1)C(C)(C)CC2C. The highest BCUT2D eigenvalue weighted by atomic mass is 35.5. The standard InChI is InChI=1S/C26H27ClN2O3/c1-17-13-14-20(27)23-18(2)15-26(3,4)28(24(17)23)21-11-8-12-22(29(30)31)25(21)32-16-19-9-6-5-7-10-19/h5-14,18H,15-16H2,1-4H3. The van der Waals surface area contributed by atoms with E-state index in [9.17, 15) is 10.1 Å². The number of nitrogens with zero attached hydrogens (tertiary/aromatic N) is 2. The molecular weight excluding hydrogens is 424 g/mol. The molecule has 32 heavy (non-hydrogen) atoms. The van der Waals surface area contributed by atoms with E-state index in [1.165, 1.54) is 6.07 Å². The average Bonchev–Trinajstić information content (AvgIpc) is 2.74. The Morgan fingerprint density at radius 3 is 2.53 bits per heavy atom. The Morgan fingerprint density at radius 1 is 1.12 bits per heavy atom. The molecule has 0 fully saturated rings. The van der Waals surface area contributed by atoms with Crippen LogP contribution in [0.5, 0.6) is 5.75 Å². The molecule has 0 aliphatic carbocycles.